The molecule has 3 N–H and O–H groups in total. The van der Waals surface area contributed by atoms with Crippen molar-refractivity contribution in [1.82, 2.24) is 14.7 Å². The Hall–Kier alpha value is -2.39. The van der Waals surface area contributed by atoms with Gasteiger partial charge in [-0.1, -0.05) is 18.2 Å². The standard InChI is InChI=1S/C12H13N3O5S/c1-20-9-5-3-2-4-8(9)6-14-21(18,19)10-7-13-12(17)15-11(10)16/h2-5,7,14H,6H2,1H3,(H2,13,15,16,17). The van der Waals surface area contributed by atoms with E-state index >= 15 is 0 Å². The molecule has 2 aromatic rings. The average molecular weight is 311 g/mol. The average Bonchev–Trinajstić information content (AvgIpc) is 2.45. The van der Waals surface area contributed by atoms with E-state index in [4.69, 9.17) is 4.74 Å². The molecule has 0 atom stereocenters. The number of nitrogens with one attached hydrogen (secondary N) is 3. The molecule has 0 aliphatic carbocycles. The largest absolute Gasteiger partial charge is 0.496 e. The van der Waals surface area contributed by atoms with Gasteiger partial charge in [0.15, 0.2) is 4.90 Å². The molecule has 0 amide bonds. The summed E-state index contributed by atoms with van der Waals surface area (Å²) in [7, 11) is -2.58. The summed E-state index contributed by atoms with van der Waals surface area (Å²) >= 11 is 0. The van der Waals surface area contributed by atoms with E-state index in [-0.39, 0.29) is 6.54 Å². The van der Waals surface area contributed by atoms with Gasteiger partial charge in [-0.25, -0.2) is 17.9 Å². The van der Waals surface area contributed by atoms with Gasteiger partial charge in [-0.3, -0.25) is 9.78 Å². The van der Waals surface area contributed by atoms with Gasteiger partial charge in [0.25, 0.3) is 5.56 Å². The summed E-state index contributed by atoms with van der Waals surface area (Å²) in [5.74, 6) is 0.524. The van der Waals surface area contributed by atoms with Crippen LogP contribution < -0.4 is 20.7 Å². The smallest absolute Gasteiger partial charge is 0.325 e. The first-order valence-electron chi connectivity index (χ1n) is 5.87. The van der Waals surface area contributed by atoms with Crippen LogP contribution in [0.2, 0.25) is 0 Å². The molecule has 0 spiro atoms. The number of aromatic amines is 2. The van der Waals surface area contributed by atoms with Crippen molar-refractivity contribution in [2.75, 3.05) is 7.11 Å². The molecule has 112 valence electrons. The second-order valence-corrected chi connectivity index (χ2v) is 5.81. The minimum Gasteiger partial charge on any atom is -0.496 e. The Balaban J connectivity index is 2.26. The van der Waals surface area contributed by atoms with Crippen molar-refractivity contribution < 1.29 is 13.2 Å². The molecule has 8 nitrogen and oxygen atoms in total. The summed E-state index contributed by atoms with van der Waals surface area (Å²) in [4.78, 5) is 25.8. The number of para-hydroxylation sites is 1. The summed E-state index contributed by atoms with van der Waals surface area (Å²) in [6, 6.07) is 6.87. The zero-order chi connectivity index (χ0) is 15.5. The lowest BCUT2D eigenvalue weighted by Gasteiger charge is -2.09. The molecule has 1 aromatic heterocycles. The third kappa shape index (κ3) is 3.38. The lowest BCUT2D eigenvalue weighted by molar-refractivity contribution is 0.409. The van der Waals surface area contributed by atoms with Crippen LogP contribution in [0.3, 0.4) is 0 Å². The lowest BCUT2D eigenvalue weighted by Crippen LogP contribution is -2.32. The monoisotopic (exact) mass is 311 g/mol. The molecule has 21 heavy (non-hydrogen) atoms. The number of sulfonamides is 1. The molecule has 0 saturated carbocycles. The van der Waals surface area contributed by atoms with Crippen LogP contribution in [-0.4, -0.2) is 25.5 Å². The molecular formula is C12H13N3O5S. The van der Waals surface area contributed by atoms with Crippen molar-refractivity contribution >= 4 is 10.0 Å². The summed E-state index contributed by atoms with van der Waals surface area (Å²) in [6.45, 7) is -0.0507. The zero-order valence-corrected chi connectivity index (χ0v) is 11.9. The van der Waals surface area contributed by atoms with Crippen LogP contribution in [0.4, 0.5) is 0 Å². The van der Waals surface area contributed by atoms with Crippen molar-refractivity contribution in [3.05, 3.63) is 56.9 Å². The fourth-order valence-electron chi connectivity index (χ4n) is 1.70. The van der Waals surface area contributed by atoms with Crippen molar-refractivity contribution in [2.24, 2.45) is 0 Å². The first-order chi connectivity index (χ1) is 9.94. The van der Waals surface area contributed by atoms with Gasteiger partial charge in [0, 0.05) is 18.3 Å². The first kappa shape index (κ1) is 15.0. The topological polar surface area (TPSA) is 121 Å². The molecular weight excluding hydrogens is 298 g/mol. The van der Waals surface area contributed by atoms with Crippen molar-refractivity contribution in [3.8, 4) is 5.75 Å². The predicted octanol–water partition coefficient (Wildman–Crippen LogP) is -0.450. The van der Waals surface area contributed by atoms with E-state index < -0.39 is 26.2 Å². The van der Waals surface area contributed by atoms with E-state index in [0.717, 1.165) is 6.20 Å². The highest BCUT2D eigenvalue weighted by Crippen LogP contribution is 2.17. The maximum Gasteiger partial charge on any atom is 0.325 e. The predicted molar refractivity (Wildman–Crippen MR) is 74.7 cm³/mol. The highest BCUT2D eigenvalue weighted by molar-refractivity contribution is 7.89. The molecule has 0 aliphatic heterocycles. The third-order valence-electron chi connectivity index (χ3n) is 2.72. The SMILES string of the molecule is COc1ccccc1CNS(=O)(=O)c1c[nH]c(=O)[nH]c1=O. The van der Waals surface area contributed by atoms with Gasteiger partial charge in [-0.05, 0) is 6.07 Å². The van der Waals surface area contributed by atoms with Gasteiger partial charge in [-0.2, -0.15) is 0 Å². The van der Waals surface area contributed by atoms with Crippen LogP contribution in [0.5, 0.6) is 5.75 Å². The fraction of sp³-hybridized carbons (Fsp3) is 0.167. The summed E-state index contributed by atoms with van der Waals surface area (Å²) < 4.78 is 31.5. The molecule has 0 radical (unpaired) electrons. The number of rotatable bonds is 5. The molecule has 0 saturated heterocycles. The van der Waals surface area contributed by atoms with E-state index in [1.54, 1.807) is 24.3 Å². The van der Waals surface area contributed by atoms with E-state index in [1.807, 2.05) is 4.98 Å². The molecule has 0 bridgehead atoms. The Kier molecular flexibility index (Phi) is 4.24. The Morgan fingerprint density at radius 2 is 1.95 bits per heavy atom. The van der Waals surface area contributed by atoms with E-state index in [2.05, 4.69) is 9.71 Å². The second kappa shape index (κ2) is 5.94. The minimum absolute atomic E-state index is 0.0507. The maximum absolute atomic E-state index is 12.0. The molecule has 0 aliphatic rings. The van der Waals surface area contributed by atoms with Crippen LogP contribution in [0.25, 0.3) is 0 Å². The van der Waals surface area contributed by atoms with Crippen molar-refractivity contribution in [2.45, 2.75) is 11.4 Å². The van der Waals surface area contributed by atoms with Crippen LogP contribution in [0.1, 0.15) is 5.56 Å². The number of aromatic nitrogens is 2. The minimum atomic E-state index is -4.05. The Morgan fingerprint density at radius 1 is 1.24 bits per heavy atom. The molecule has 1 heterocycles. The molecule has 2 rings (SSSR count). The van der Waals surface area contributed by atoms with Gasteiger partial charge in [-0.15, -0.1) is 0 Å². The number of benzene rings is 1. The van der Waals surface area contributed by atoms with Crippen LogP contribution in [0.15, 0.2) is 44.9 Å². The zero-order valence-electron chi connectivity index (χ0n) is 11.0. The summed E-state index contributed by atoms with van der Waals surface area (Å²) in [5.41, 5.74) is -1.14. The number of methoxy groups -OCH3 is 1. The van der Waals surface area contributed by atoms with Crippen LogP contribution >= 0.6 is 0 Å². The highest BCUT2D eigenvalue weighted by Gasteiger charge is 2.19. The van der Waals surface area contributed by atoms with Crippen molar-refractivity contribution in [1.29, 1.82) is 0 Å². The van der Waals surface area contributed by atoms with E-state index in [9.17, 15) is 18.0 Å². The number of hydrogen-bond acceptors (Lipinski definition) is 5. The van der Waals surface area contributed by atoms with E-state index in [0.29, 0.717) is 11.3 Å². The molecule has 0 unspecified atom stereocenters. The first-order valence-corrected chi connectivity index (χ1v) is 7.36. The van der Waals surface area contributed by atoms with Crippen LogP contribution in [-0.2, 0) is 16.6 Å². The number of hydrogen-bond donors (Lipinski definition) is 3. The van der Waals surface area contributed by atoms with Gasteiger partial charge in [0.05, 0.1) is 7.11 Å². The fourth-order valence-corrected chi connectivity index (χ4v) is 2.71. The second-order valence-electron chi connectivity index (χ2n) is 4.07. The Labute approximate surface area is 119 Å². The normalized spacial score (nSPS) is 11.3. The van der Waals surface area contributed by atoms with Crippen LogP contribution in [0, 0.1) is 0 Å². The maximum atomic E-state index is 12.0. The van der Waals surface area contributed by atoms with Gasteiger partial charge >= 0.3 is 5.69 Å². The van der Waals surface area contributed by atoms with Crippen molar-refractivity contribution in [3.63, 3.8) is 0 Å². The molecule has 9 heteroatoms. The van der Waals surface area contributed by atoms with Gasteiger partial charge < -0.3 is 9.72 Å². The number of H-pyrrole nitrogens is 2. The molecule has 1 aromatic carbocycles. The lowest BCUT2D eigenvalue weighted by atomic mass is 10.2. The number of ether oxygens (including phenoxy) is 1. The Morgan fingerprint density at radius 3 is 2.62 bits per heavy atom. The van der Waals surface area contributed by atoms with Gasteiger partial charge in [0.2, 0.25) is 10.0 Å². The quantitative estimate of drug-likeness (QED) is 0.690. The van der Waals surface area contributed by atoms with E-state index in [1.165, 1.54) is 7.11 Å². The summed E-state index contributed by atoms with van der Waals surface area (Å²) in [6.07, 6.45) is 0.853. The Bertz CT molecular complexity index is 853. The highest BCUT2D eigenvalue weighted by atomic mass is 32.2. The van der Waals surface area contributed by atoms with Gasteiger partial charge in [0.1, 0.15) is 5.75 Å². The summed E-state index contributed by atoms with van der Waals surface area (Å²) in [5, 5.41) is 0. The molecule has 0 fully saturated rings. The third-order valence-corrected chi connectivity index (χ3v) is 4.13.